The molecular formula is C16H23N. The van der Waals surface area contributed by atoms with Crippen LogP contribution in [0.1, 0.15) is 43.2 Å². The Morgan fingerprint density at radius 2 is 1.94 bits per heavy atom. The van der Waals surface area contributed by atoms with E-state index < -0.39 is 0 Å². The third-order valence-corrected chi connectivity index (χ3v) is 3.91. The SMILES string of the molecule is C=Cc1ccc(C)cc1N(C)C1CCCCC1. The van der Waals surface area contributed by atoms with Gasteiger partial charge in [-0.15, -0.1) is 0 Å². The number of hydrogen-bond donors (Lipinski definition) is 0. The van der Waals surface area contributed by atoms with Gasteiger partial charge in [-0.2, -0.15) is 0 Å². The van der Waals surface area contributed by atoms with Crippen molar-refractivity contribution < 1.29 is 0 Å². The van der Waals surface area contributed by atoms with E-state index in [4.69, 9.17) is 0 Å². The minimum Gasteiger partial charge on any atom is -0.371 e. The molecule has 0 bridgehead atoms. The van der Waals surface area contributed by atoms with Crippen LogP contribution in [0.2, 0.25) is 0 Å². The van der Waals surface area contributed by atoms with Crippen molar-refractivity contribution in [2.24, 2.45) is 0 Å². The Balaban J connectivity index is 2.24. The van der Waals surface area contributed by atoms with E-state index in [9.17, 15) is 0 Å². The van der Waals surface area contributed by atoms with Crippen LogP contribution in [0.3, 0.4) is 0 Å². The van der Waals surface area contributed by atoms with Crippen molar-refractivity contribution in [3.05, 3.63) is 35.9 Å². The summed E-state index contributed by atoms with van der Waals surface area (Å²) in [6.07, 6.45) is 8.80. The average molecular weight is 229 g/mol. The molecule has 1 nitrogen and oxygen atoms in total. The summed E-state index contributed by atoms with van der Waals surface area (Å²) >= 11 is 0. The van der Waals surface area contributed by atoms with Crippen LogP contribution in [0.4, 0.5) is 5.69 Å². The highest BCUT2D eigenvalue weighted by atomic mass is 15.1. The molecule has 1 saturated carbocycles. The first-order chi connectivity index (χ1) is 8.22. The molecule has 0 radical (unpaired) electrons. The lowest BCUT2D eigenvalue weighted by molar-refractivity contribution is 0.427. The molecule has 1 aromatic rings. The first-order valence-corrected chi connectivity index (χ1v) is 6.68. The first-order valence-electron chi connectivity index (χ1n) is 6.68. The zero-order valence-electron chi connectivity index (χ0n) is 11.1. The highest BCUT2D eigenvalue weighted by molar-refractivity contribution is 5.67. The van der Waals surface area contributed by atoms with Crippen LogP contribution in [0.5, 0.6) is 0 Å². The van der Waals surface area contributed by atoms with Crippen molar-refractivity contribution in [2.45, 2.75) is 45.1 Å². The van der Waals surface area contributed by atoms with Gasteiger partial charge < -0.3 is 4.90 Å². The molecule has 1 fully saturated rings. The molecule has 1 aromatic carbocycles. The van der Waals surface area contributed by atoms with Gasteiger partial charge in [0, 0.05) is 18.8 Å². The Bertz CT molecular complexity index is 389. The zero-order valence-corrected chi connectivity index (χ0v) is 11.1. The van der Waals surface area contributed by atoms with E-state index in [0.29, 0.717) is 6.04 Å². The maximum atomic E-state index is 3.92. The normalized spacial score (nSPS) is 16.8. The summed E-state index contributed by atoms with van der Waals surface area (Å²) in [5, 5.41) is 0. The van der Waals surface area contributed by atoms with E-state index in [1.807, 2.05) is 6.08 Å². The van der Waals surface area contributed by atoms with Crippen LogP contribution >= 0.6 is 0 Å². The van der Waals surface area contributed by atoms with Crippen molar-refractivity contribution in [3.8, 4) is 0 Å². The Kier molecular flexibility index (Phi) is 3.88. The van der Waals surface area contributed by atoms with E-state index in [0.717, 1.165) is 0 Å². The molecule has 1 aliphatic carbocycles. The van der Waals surface area contributed by atoms with Gasteiger partial charge in [0.05, 0.1) is 0 Å². The second-order valence-corrected chi connectivity index (χ2v) is 5.17. The van der Waals surface area contributed by atoms with E-state index in [1.165, 1.54) is 48.9 Å². The van der Waals surface area contributed by atoms with Gasteiger partial charge in [0.15, 0.2) is 0 Å². The monoisotopic (exact) mass is 229 g/mol. The fraction of sp³-hybridized carbons (Fsp3) is 0.500. The number of aryl methyl sites for hydroxylation is 1. The third-order valence-electron chi connectivity index (χ3n) is 3.91. The number of benzene rings is 1. The molecule has 0 saturated heterocycles. The number of nitrogens with zero attached hydrogens (tertiary/aromatic N) is 1. The fourth-order valence-corrected chi connectivity index (χ4v) is 2.80. The topological polar surface area (TPSA) is 3.24 Å². The molecule has 0 aliphatic heterocycles. The van der Waals surface area contributed by atoms with E-state index in [-0.39, 0.29) is 0 Å². The zero-order chi connectivity index (χ0) is 12.3. The minimum atomic E-state index is 0.712. The van der Waals surface area contributed by atoms with Gasteiger partial charge in [-0.05, 0) is 37.0 Å². The summed E-state index contributed by atoms with van der Waals surface area (Å²) in [5.74, 6) is 0. The second-order valence-electron chi connectivity index (χ2n) is 5.17. The second kappa shape index (κ2) is 5.39. The Morgan fingerprint density at radius 1 is 1.24 bits per heavy atom. The van der Waals surface area contributed by atoms with Crippen LogP contribution in [0.15, 0.2) is 24.8 Å². The third kappa shape index (κ3) is 2.71. The Morgan fingerprint density at radius 3 is 2.59 bits per heavy atom. The van der Waals surface area contributed by atoms with Crippen LogP contribution in [0.25, 0.3) is 6.08 Å². The quantitative estimate of drug-likeness (QED) is 0.742. The van der Waals surface area contributed by atoms with Crippen molar-refractivity contribution in [3.63, 3.8) is 0 Å². The maximum absolute atomic E-state index is 3.92. The van der Waals surface area contributed by atoms with Crippen LogP contribution < -0.4 is 4.90 Å². The molecule has 0 N–H and O–H groups in total. The lowest BCUT2D eigenvalue weighted by Gasteiger charge is -2.34. The molecule has 1 heteroatoms. The van der Waals surface area contributed by atoms with Crippen molar-refractivity contribution in [1.29, 1.82) is 0 Å². The molecule has 0 unspecified atom stereocenters. The molecule has 2 rings (SSSR count). The molecule has 1 aliphatic rings. The van der Waals surface area contributed by atoms with Crippen molar-refractivity contribution in [1.82, 2.24) is 0 Å². The van der Waals surface area contributed by atoms with Crippen molar-refractivity contribution in [2.75, 3.05) is 11.9 Å². The van der Waals surface area contributed by atoms with E-state index in [1.54, 1.807) is 0 Å². The highest BCUT2D eigenvalue weighted by Crippen LogP contribution is 2.29. The van der Waals surface area contributed by atoms with Gasteiger partial charge in [0.25, 0.3) is 0 Å². The summed E-state index contributed by atoms with van der Waals surface area (Å²) in [5.41, 5.74) is 3.92. The lowest BCUT2D eigenvalue weighted by atomic mass is 9.93. The summed E-state index contributed by atoms with van der Waals surface area (Å²) in [6, 6.07) is 7.34. The van der Waals surface area contributed by atoms with Crippen LogP contribution in [0, 0.1) is 6.92 Å². The van der Waals surface area contributed by atoms with Gasteiger partial charge in [-0.25, -0.2) is 0 Å². The van der Waals surface area contributed by atoms with Gasteiger partial charge >= 0.3 is 0 Å². The van der Waals surface area contributed by atoms with Gasteiger partial charge in [0.1, 0.15) is 0 Å². The molecule has 0 amide bonds. The van der Waals surface area contributed by atoms with Crippen molar-refractivity contribution >= 4 is 11.8 Å². The Labute approximate surface area is 105 Å². The predicted octanol–water partition coefficient (Wildman–Crippen LogP) is 4.41. The molecule has 0 aromatic heterocycles. The standard InChI is InChI=1S/C16H23N/c1-4-14-11-10-13(2)12-16(14)17(3)15-8-6-5-7-9-15/h4,10-12,15H,1,5-9H2,2-3H3. The van der Waals surface area contributed by atoms with Gasteiger partial charge in [-0.1, -0.05) is 44.1 Å². The minimum absolute atomic E-state index is 0.712. The molecular weight excluding hydrogens is 206 g/mol. The molecule has 0 atom stereocenters. The highest BCUT2D eigenvalue weighted by Gasteiger charge is 2.19. The van der Waals surface area contributed by atoms with Crippen LogP contribution in [-0.4, -0.2) is 13.1 Å². The summed E-state index contributed by atoms with van der Waals surface area (Å²) < 4.78 is 0. The predicted molar refractivity (Wildman–Crippen MR) is 76.5 cm³/mol. The fourth-order valence-electron chi connectivity index (χ4n) is 2.80. The molecule has 0 heterocycles. The Hall–Kier alpha value is -1.24. The number of anilines is 1. The average Bonchev–Trinajstić information content (AvgIpc) is 2.39. The molecule has 17 heavy (non-hydrogen) atoms. The molecule has 0 spiro atoms. The number of rotatable bonds is 3. The molecule has 92 valence electrons. The van der Waals surface area contributed by atoms with Gasteiger partial charge in [-0.3, -0.25) is 0 Å². The lowest BCUT2D eigenvalue weighted by Crippen LogP contribution is -2.33. The van der Waals surface area contributed by atoms with E-state index in [2.05, 4.69) is 43.6 Å². The summed E-state index contributed by atoms with van der Waals surface area (Å²) in [6.45, 7) is 6.08. The van der Waals surface area contributed by atoms with E-state index >= 15 is 0 Å². The van der Waals surface area contributed by atoms with Gasteiger partial charge in [0.2, 0.25) is 0 Å². The van der Waals surface area contributed by atoms with Crippen LogP contribution in [-0.2, 0) is 0 Å². The number of hydrogen-bond acceptors (Lipinski definition) is 1. The smallest absolute Gasteiger partial charge is 0.0442 e. The maximum Gasteiger partial charge on any atom is 0.0442 e. The summed E-state index contributed by atoms with van der Waals surface area (Å²) in [7, 11) is 2.23. The first kappa shape index (κ1) is 12.2. The summed E-state index contributed by atoms with van der Waals surface area (Å²) in [4.78, 5) is 2.46. The largest absolute Gasteiger partial charge is 0.371 e.